The first-order valence-electron chi connectivity index (χ1n) is 5.50. The molecule has 0 atom stereocenters. The van der Waals surface area contributed by atoms with Crippen molar-refractivity contribution in [2.75, 3.05) is 0 Å². The predicted molar refractivity (Wildman–Crippen MR) is 71.0 cm³/mol. The van der Waals surface area contributed by atoms with E-state index in [4.69, 9.17) is 4.74 Å². The van der Waals surface area contributed by atoms with Crippen molar-refractivity contribution >= 4 is 22.2 Å². The smallest absolute Gasteiger partial charge is 0.419 e. The van der Waals surface area contributed by atoms with Gasteiger partial charge in [0.15, 0.2) is 6.29 Å². The van der Waals surface area contributed by atoms with E-state index in [2.05, 4.69) is 15.9 Å². The molecule has 0 aliphatic carbocycles. The summed E-state index contributed by atoms with van der Waals surface area (Å²) in [5.74, 6) is -0.0788. The topological polar surface area (TPSA) is 26.3 Å². The lowest BCUT2D eigenvalue weighted by Crippen LogP contribution is -2.06. The summed E-state index contributed by atoms with van der Waals surface area (Å²) in [6.45, 7) is 0. The molecule has 0 radical (unpaired) electrons. The van der Waals surface area contributed by atoms with Gasteiger partial charge in [-0.05, 0) is 46.3 Å². The maximum absolute atomic E-state index is 12.8. The molecule has 0 aliphatic heterocycles. The van der Waals surface area contributed by atoms with Crippen LogP contribution in [-0.4, -0.2) is 6.29 Å². The number of carbonyl (C=O) groups excluding carboxylic acids is 1. The molecule has 0 N–H and O–H groups in total. The second-order valence-electron chi connectivity index (χ2n) is 3.90. The van der Waals surface area contributed by atoms with Gasteiger partial charge < -0.3 is 4.74 Å². The summed E-state index contributed by atoms with van der Waals surface area (Å²) in [5.41, 5.74) is -0.461. The maximum atomic E-state index is 12.8. The van der Waals surface area contributed by atoms with Crippen molar-refractivity contribution in [3.63, 3.8) is 0 Å². The minimum atomic E-state index is -4.49. The number of para-hydroxylation sites is 1. The zero-order valence-corrected chi connectivity index (χ0v) is 11.5. The summed E-state index contributed by atoms with van der Waals surface area (Å²) in [6, 6.07) is 9.27. The van der Waals surface area contributed by atoms with Gasteiger partial charge in [0.2, 0.25) is 0 Å². The SMILES string of the molecule is O=Cc1ccc(Oc2ccccc2C(F)(F)F)cc1Br. The maximum Gasteiger partial charge on any atom is 0.419 e. The number of alkyl halides is 3. The van der Waals surface area contributed by atoms with E-state index >= 15 is 0 Å². The Morgan fingerprint density at radius 1 is 1.10 bits per heavy atom. The molecule has 0 aliphatic rings. The number of rotatable bonds is 3. The first kappa shape index (κ1) is 14.6. The van der Waals surface area contributed by atoms with Crippen molar-refractivity contribution in [3.8, 4) is 11.5 Å². The Labute approximate surface area is 121 Å². The van der Waals surface area contributed by atoms with Crippen LogP contribution in [-0.2, 0) is 6.18 Å². The van der Waals surface area contributed by atoms with Crippen LogP contribution in [0.1, 0.15) is 15.9 Å². The van der Waals surface area contributed by atoms with Crippen molar-refractivity contribution in [3.05, 3.63) is 58.1 Å². The van der Waals surface area contributed by atoms with Crippen LogP contribution in [0.15, 0.2) is 46.9 Å². The highest BCUT2D eigenvalue weighted by Crippen LogP contribution is 2.38. The summed E-state index contributed by atoms with van der Waals surface area (Å²) in [5, 5.41) is 0. The molecule has 2 aromatic rings. The van der Waals surface area contributed by atoms with Gasteiger partial charge in [0.1, 0.15) is 11.5 Å². The monoisotopic (exact) mass is 344 g/mol. The summed E-state index contributed by atoms with van der Waals surface area (Å²) in [6.07, 6.45) is -3.85. The third-order valence-electron chi connectivity index (χ3n) is 2.52. The lowest BCUT2D eigenvalue weighted by molar-refractivity contribution is -0.138. The van der Waals surface area contributed by atoms with E-state index in [1.807, 2.05) is 0 Å². The van der Waals surface area contributed by atoms with Crippen LogP contribution in [0.2, 0.25) is 0 Å². The average molecular weight is 345 g/mol. The normalized spacial score (nSPS) is 11.2. The molecule has 0 saturated carbocycles. The Morgan fingerprint density at radius 3 is 2.40 bits per heavy atom. The molecule has 0 heterocycles. The van der Waals surface area contributed by atoms with Gasteiger partial charge in [-0.2, -0.15) is 13.2 Å². The van der Waals surface area contributed by atoms with Crippen molar-refractivity contribution < 1.29 is 22.7 Å². The molecule has 0 saturated heterocycles. The molecule has 0 unspecified atom stereocenters. The number of aldehydes is 1. The molecule has 0 spiro atoms. The predicted octanol–water partition coefficient (Wildman–Crippen LogP) is 5.07. The van der Waals surface area contributed by atoms with Crippen LogP contribution in [0, 0.1) is 0 Å². The van der Waals surface area contributed by atoms with Crippen LogP contribution >= 0.6 is 15.9 Å². The number of hydrogen-bond acceptors (Lipinski definition) is 2. The van der Waals surface area contributed by atoms with Gasteiger partial charge in [-0.15, -0.1) is 0 Å². The zero-order chi connectivity index (χ0) is 14.8. The molecule has 6 heteroatoms. The van der Waals surface area contributed by atoms with Gasteiger partial charge in [0.05, 0.1) is 5.56 Å². The standard InChI is InChI=1S/C14H8BrF3O2/c15-12-7-10(6-5-9(12)8-19)20-13-4-2-1-3-11(13)14(16,17)18/h1-8H. The number of benzene rings is 2. The van der Waals surface area contributed by atoms with E-state index < -0.39 is 11.7 Å². The van der Waals surface area contributed by atoms with Gasteiger partial charge in [0, 0.05) is 10.0 Å². The largest absolute Gasteiger partial charge is 0.457 e. The molecular weight excluding hydrogens is 337 g/mol. The van der Waals surface area contributed by atoms with Crippen LogP contribution in [0.25, 0.3) is 0 Å². The van der Waals surface area contributed by atoms with E-state index in [9.17, 15) is 18.0 Å². The van der Waals surface area contributed by atoms with Gasteiger partial charge in [-0.1, -0.05) is 12.1 Å². The van der Waals surface area contributed by atoms with Crippen LogP contribution in [0.4, 0.5) is 13.2 Å². The third-order valence-corrected chi connectivity index (χ3v) is 3.21. The van der Waals surface area contributed by atoms with Crippen LogP contribution in [0.3, 0.4) is 0 Å². The summed E-state index contributed by atoms with van der Waals surface area (Å²) in [7, 11) is 0. The Hall–Kier alpha value is -1.82. The molecule has 2 aromatic carbocycles. The molecule has 104 valence electrons. The van der Waals surface area contributed by atoms with Crippen molar-refractivity contribution in [2.24, 2.45) is 0 Å². The fraction of sp³-hybridized carbons (Fsp3) is 0.0714. The van der Waals surface area contributed by atoms with Crippen LogP contribution in [0.5, 0.6) is 11.5 Å². The molecule has 20 heavy (non-hydrogen) atoms. The van der Waals surface area contributed by atoms with Crippen LogP contribution < -0.4 is 4.74 Å². The first-order valence-corrected chi connectivity index (χ1v) is 6.30. The summed E-state index contributed by atoms with van der Waals surface area (Å²) in [4.78, 5) is 10.7. The highest BCUT2D eigenvalue weighted by Gasteiger charge is 2.34. The number of halogens is 4. The average Bonchev–Trinajstić information content (AvgIpc) is 2.38. The molecule has 2 rings (SSSR count). The Balaban J connectivity index is 2.36. The Bertz CT molecular complexity index is 639. The highest BCUT2D eigenvalue weighted by atomic mass is 79.9. The van der Waals surface area contributed by atoms with Gasteiger partial charge in [-0.25, -0.2) is 0 Å². The molecule has 0 bridgehead atoms. The van der Waals surface area contributed by atoms with Gasteiger partial charge >= 0.3 is 6.18 Å². The quantitative estimate of drug-likeness (QED) is 0.726. The van der Waals surface area contributed by atoms with E-state index in [-0.39, 0.29) is 11.5 Å². The van der Waals surface area contributed by atoms with Crippen molar-refractivity contribution in [1.29, 1.82) is 0 Å². The van der Waals surface area contributed by atoms with Crippen molar-refractivity contribution in [1.82, 2.24) is 0 Å². The number of hydrogen-bond donors (Lipinski definition) is 0. The molecule has 2 nitrogen and oxygen atoms in total. The minimum absolute atomic E-state index is 0.208. The second-order valence-corrected chi connectivity index (χ2v) is 4.75. The molecule has 0 aromatic heterocycles. The Morgan fingerprint density at radius 2 is 1.80 bits per heavy atom. The third kappa shape index (κ3) is 3.19. The second kappa shape index (κ2) is 5.66. The van der Waals surface area contributed by atoms with E-state index in [1.54, 1.807) is 0 Å². The minimum Gasteiger partial charge on any atom is -0.457 e. The fourth-order valence-corrected chi connectivity index (χ4v) is 2.03. The highest BCUT2D eigenvalue weighted by molar-refractivity contribution is 9.10. The molecule has 0 fully saturated rings. The van der Waals surface area contributed by atoms with Gasteiger partial charge in [0.25, 0.3) is 0 Å². The zero-order valence-electron chi connectivity index (χ0n) is 9.95. The molecule has 0 amide bonds. The Kier molecular flexibility index (Phi) is 4.13. The van der Waals surface area contributed by atoms with Gasteiger partial charge in [-0.3, -0.25) is 4.79 Å². The summed E-state index contributed by atoms with van der Waals surface area (Å²) < 4.78 is 44.1. The van der Waals surface area contributed by atoms with E-state index in [0.717, 1.165) is 6.07 Å². The number of ether oxygens (including phenoxy) is 1. The summed E-state index contributed by atoms with van der Waals surface area (Å²) >= 11 is 3.15. The number of carbonyl (C=O) groups is 1. The lowest BCUT2D eigenvalue weighted by atomic mass is 10.2. The molecular formula is C14H8BrF3O2. The first-order chi connectivity index (χ1) is 9.41. The lowest BCUT2D eigenvalue weighted by Gasteiger charge is -2.13. The van der Waals surface area contributed by atoms with E-state index in [0.29, 0.717) is 16.3 Å². The van der Waals surface area contributed by atoms with Crippen molar-refractivity contribution in [2.45, 2.75) is 6.18 Å². The fourth-order valence-electron chi connectivity index (χ4n) is 1.58. The van der Waals surface area contributed by atoms with E-state index in [1.165, 1.54) is 36.4 Å².